The molecule has 1 amide bonds. The monoisotopic (exact) mass is 294 g/mol. The van der Waals surface area contributed by atoms with Crippen molar-refractivity contribution in [3.63, 3.8) is 0 Å². The number of hydrogen-bond acceptors (Lipinski definition) is 4. The molecule has 0 aliphatic carbocycles. The molecule has 1 saturated heterocycles. The Morgan fingerprint density at radius 3 is 2.95 bits per heavy atom. The summed E-state index contributed by atoms with van der Waals surface area (Å²) in [6.07, 6.45) is 4.45. The molecule has 1 fully saturated rings. The quantitative estimate of drug-likeness (QED) is 0.638. The minimum Gasteiger partial charge on any atom is -0.339 e. The third-order valence-electron chi connectivity index (χ3n) is 3.78. The maximum atomic E-state index is 12.5. The number of aryl methyl sites for hydroxylation is 1. The molecule has 1 aliphatic rings. The lowest BCUT2D eigenvalue weighted by Gasteiger charge is -2.21. The van der Waals surface area contributed by atoms with Crippen molar-refractivity contribution in [3.05, 3.63) is 28.1 Å². The summed E-state index contributed by atoms with van der Waals surface area (Å²) in [6.45, 7) is 4.20. The Labute approximate surface area is 124 Å². The average molecular weight is 294 g/mol. The van der Waals surface area contributed by atoms with E-state index in [-0.39, 0.29) is 11.6 Å². The van der Waals surface area contributed by atoms with E-state index in [0.29, 0.717) is 24.8 Å². The summed E-state index contributed by atoms with van der Waals surface area (Å²) in [5.41, 5.74) is 0.364. The highest BCUT2D eigenvalue weighted by atomic mass is 16.6. The number of hydrogen-bond donors (Lipinski definition) is 1. The molecular weight excluding hydrogens is 272 g/mol. The Kier molecular flexibility index (Phi) is 4.95. The Hall–Kier alpha value is -1.89. The van der Waals surface area contributed by atoms with Crippen LogP contribution in [0.4, 0.5) is 5.69 Å². The molecule has 1 aliphatic heterocycles. The van der Waals surface area contributed by atoms with E-state index in [1.54, 1.807) is 16.5 Å². The number of nitro groups is 1. The van der Waals surface area contributed by atoms with Crippen LogP contribution >= 0.6 is 0 Å². The van der Waals surface area contributed by atoms with E-state index >= 15 is 0 Å². The molecule has 1 aromatic heterocycles. The molecule has 116 valence electrons. The van der Waals surface area contributed by atoms with Gasteiger partial charge in [0, 0.05) is 32.2 Å². The third kappa shape index (κ3) is 3.60. The van der Waals surface area contributed by atoms with Gasteiger partial charge in [0.25, 0.3) is 11.6 Å². The lowest BCUT2D eigenvalue weighted by atomic mass is 10.2. The van der Waals surface area contributed by atoms with Crippen LogP contribution in [0.2, 0.25) is 0 Å². The fraction of sp³-hybridized carbons (Fsp3) is 0.643. The lowest BCUT2D eigenvalue weighted by molar-refractivity contribution is -0.384. The van der Waals surface area contributed by atoms with Crippen molar-refractivity contribution in [2.75, 3.05) is 20.1 Å². The predicted octanol–water partition coefficient (Wildman–Crippen LogP) is 1.63. The molecule has 7 heteroatoms. The minimum atomic E-state index is -0.457. The zero-order valence-corrected chi connectivity index (χ0v) is 12.5. The molecule has 2 heterocycles. The van der Waals surface area contributed by atoms with Crippen molar-refractivity contribution >= 4 is 11.6 Å². The number of nitrogens with zero attached hydrogens (tertiary/aromatic N) is 3. The van der Waals surface area contributed by atoms with Crippen LogP contribution in [0, 0.1) is 10.1 Å². The van der Waals surface area contributed by atoms with Gasteiger partial charge in [-0.05, 0) is 25.8 Å². The van der Waals surface area contributed by atoms with E-state index in [9.17, 15) is 14.9 Å². The first kappa shape index (κ1) is 15.5. The maximum absolute atomic E-state index is 12.5. The average Bonchev–Trinajstić information content (AvgIpc) is 3.07. The fourth-order valence-electron chi connectivity index (χ4n) is 2.72. The minimum absolute atomic E-state index is 0.0285. The zero-order chi connectivity index (χ0) is 15.4. The van der Waals surface area contributed by atoms with E-state index in [1.807, 2.05) is 6.92 Å². The van der Waals surface area contributed by atoms with Gasteiger partial charge in [0.2, 0.25) is 0 Å². The summed E-state index contributed by atoms with van der Waals surface area (Å²) in [5, 5.41) is 14.2. The molecule has 2 rings (SSSR count). The van der Waals surface area contributed by atoms with Crippen molar-refractivity contribution in [2.45, 2.75) is 38.8 Å². The Bertz CT molecular complexity index is 520. The van der Waals surface area contributed by atoms with Crippen molar-refractivity contribution in [1.82, 2.24) is 14.8 Å². The van der Waals surface area contributed by atoms with Gasteiger partial charge in [-0.25, -0.2) is 0 Å². The van der Waals surface area contributed by atoms with Crippen LogP contribution in [0.5, 0.6) is 0 Å². The number of likely N-dealkylation sites (N-methyl/N-ethyl adjacent to an activating group) is 1. The normalized spacial score (nSPS) is 17.9. The van der Waals surface area contributed by atoms with Gasteiger partial charge in [-0.1, -0.05) is 6.92 Å². The van der Waals surface area contributed by atoms with Crippen LogP contribution in [-0.4, -0.2) is 46.5 Å². The van der Waals surface area contributed by atoms with Crippen LogP contribution < -0.4 is 5.32 Å². The predicted molar refractivity (Wildman–Crippen MR) is 79.4 cm³/mol. The largest absolute Gasteiger partial charge is 0.339 e. The summed E-state index contributed by atoms with van der Waals surface area (Å²) < 4.78 is 1.68. The molecule has 21 heavy (non-hydrogen) atoms. The van der Waals surface area contributed by atoms with Gasteiger partial charge in [0.1, 0.15) is 5.69 Å². The van der Waals surface area contributed by atoms with Crippen LogP contribution in [0.3, 0.4) is 0 Å². The van der Waals surface area contributed by atoms with Crippen molar-refractivity contribution in [3.8, 4) is 0 Å². The van der Waals surface area contributed by atoms with Gasteiger partial charge in [-0.2, -0.15) is 0 Å². The molecule has 1 atom stereocenters. The SMILES string of the molecule is CCCn1cc([N+](=O)[O-])cc1C(=O)N(C)CC1CCCN1. The number of rotatable bonds is 6. The molecule has 1 N–H and O–H groups in total. The fourth-order valence-corrected chi connectivity index (χ4v) is 2.72. The second-order valence-corrected chi connectivity index (χ2v) is 5.51. The van der Waals surface area contributed by atoms with Gasteiger partial charge in [0.05, 0.1) is 11.1 Å². The van der Waals surface area contributed by atoms with Gasteiger partial charge >= 0.3 is 0 Å². The van der Waals surface area contributed by atoms with E-state index in [4.69, 9.17) is 0 Å². The third-order valence-corrected chi connectivity index (χ3v) is 3.78. The van der Waals surface area contributed by atoms with Gasteiger partial charge < -0.3 is 14.8 Å². The first-order valence-electron chi connectivity index (χ1n) is 7.36. The van der Waals surface area contributed by atoms with Crippen molar-refractivity contribution < 1.29 is 9.72 Å². The van der Waals surface area contributed by atoms with Crippen LogP contribution in [-0.2, 0) is 6.54 Å². The van der Waals surface area contributed by atoms with Crippen molar-refractivity contribution in [2.24, 2.45) is 0 Å². The number of carbonyl (C=O) groups is 1. The first-order valence-corrected chi connectivity index (χ1v) is 7.36. The second kappa shape index (κ2) is 6.71. The summed E-state index contributed by atoms with van der Waals surface area (Å²) in [6, 6.07) is 1.69. The smallest absolute Gasteiger partial charge is 0.287 e. The summed E-state index contributed by atoms with van der Waals surface area (Å²) >= 11 is 0. The lowest BCUT2D eigenvalue weighted by Crippen LogP contribution is -2.39. The van der Waals surface area contributed by atoms with Gasteiger partial charge in [-0.3, -0.25) is 14.9 Å². The van der Waals surface area contributed by atoms with Crippen LogP contribution in [0.25, 0.3) is 0 Å². The molecule has 0 bridgehead atoms. The standard InChI is InChI=1S/C14H22N4O3/c1-3-7-17-10-12(18(20)21)8-13(17)14(19)16(2)9-11-5-4-6-15-11/h8,10-11,15H,3-7,9H2,1-2H3. The van der Waals surface area contributed by atoms with E-state index in [0.717, 1.165) is 25.8 Å². The van der Waals surface area contributed by atoms with E-state index in [2.05, 4.69) is 5.32 Å². The van der Waals surface area contributed by atoms with Gasteiger partial charge in [-0.15, -0.1) is 0 Å². The highest BCUT2D eigenvalue weighted by Gasteiger charge is 2.24. The summed E-state index contributed by atoms with van der Waals surface area (Å²) in [5.74, 6) is -0.162. The zero-order valence-electron chi connectivity index (χ0n) is 12.5. The molecule has 1 unspecified atom stereocenters. The molecule has 0 radical (unpaired) electrons. The number of carbonyl (C=O) groups excluding carboxylic acids is 1. The molecular formula is C14H22N4O3. The Morgan fingerprint density at radius 2 is 2.38 bits per heavy atom. The molecule has 1 aromatic rings. The van der Waals surface area contributed by atoms with Crippen LogP contribution in [0.1, 0.15) is 36.7 Å². The van der Waals surface area contributed by atoms with Crippen LogP contribution in [0.15, 0.2) is 12.3 Å². The summed E-state index contributed by atoms with van der Waals surface area (Å²) in [7, 11) is 1.75. The molecule has 0 aromatic carbocycles. The number of nitrogens with one attached hydrogen (secondary N) is 1. The van der Waals surface area contributed by atoms with Crippen molar-refractivity contribution in [1.29, 1.82) is 0 Å². The number of amides is 1. The maximum Gasteiger partial charge on any atom is 0.287 e. The Morgan fingerprint density at radius 1 is 1.62 bits per heavy atom. The Balaban J connectivity index is 2.14. The molecule has 7 nitrogen and oxygen atoms in total. The molecule has 0 saturated carbocycles. The molecule has 0 spiro atoms. The topological polar surface area (TPSA) is 80.4 Å². The highest BCUT2D eigenvalue weighted by molar-refractivity contribution is 5.93. The van der Waals surface area contributed by atoms with Gasteiger partial charge in [0.15, 0.2) is 0 Å². The number of aromatic nitrogens is 1. The second-order valence-electron chi connectivity index (χ2n) is 5.51. The summed E-state index contributed by atoms with van der Waals surface area (Å²) in [4.78, 5) is 24.6. The van der Waals surface area contributed by atoms with E-state index < -0.39 is 4.92 Å². The van der Waals surface area contributed by atoms with E-state index in [1.165, 1.54) is 12.3 Å². The first-order chi connectivity index (χ1) is 10.0. The highest BCUT2D eigenvalue weighted by Crippen LogP contribution is 2.19.